The minimum atomic E-state index is -0.315. The van der Waals surface area contributed by atoms with Crippen molar-refractivity contribution in [2.24, 2.45) is 0 Å². The fourth-order valence-electron chi connectivity index (χ4n) is 3.81. The predicted molar refractivity (Wildman–Crippen MR) is 128 cm³/mol. The number of Topliss-reactive ketones (excluding diaryl/α,β-unsaturated/α-hetero) is 1. The molecule has 1 aromatic heterocycles. The van der Waals surface area contributed by atoms with Gasteiger partial charge >= 0.3 is 0 Å². The number of thioether (sulfide) groups is 1. The Kier molecular flexibility index (Phi) is 7.90. The molecule has 3 aromatic rings. The normalized spacial score (nSPS) is 15.5. The molecule has 0 amide bonds. The zero-order chi connectivity index (χ0) is 23.2. The molecule has 1 aliphatic heterocycles. The summed E-state index contributed by atoms with van der Waals surface area (Å²) < 4.78 is 21.0. The van der Waals surface area contributed by atoms with E-state index in [9.17, 15) is 9.18 Å². The molecule has 1 saturated heterocycles. The van der Waals surface area contributed by atoms with Gasteiger partial charge in [-0.1, -0.05) is 43.0 Å². The van der Waals surface area contributed by atoms with Crippen molar-refractivity contribution < 1.29 is 13.9 Å². The molecular weight excluding hydrogens is 439 g/mol. The number of rotatable bonds is 9. The topological polar surface area (TPSA) is 60.2 Å². The lowest BCUT2D eigenvalue weighted by molar-refractivity contribution is 0.0361. The number of aryl methyl sites for hydroxylation is 1. The fourth-order valence-corrected chi connectivity index (χ4v) is 4.76. The summed E-state index contributed by atoms with van der Waals surface area (Å²) in [5, 5.41) is 9.19. The molecule has 6 nitrogen and oxygen atoms in total. The largest absolute Gasteiger partial charge is 0.379 e. The van der Waals surface area contributed by atoms with E-state index in [2.05, 4.69) is 22.0 Å². The van der Waals surface area contributed by atoms with E-state index in [-0.39, 0.29) is 16.9 Å². The second kappa shape index (κ2) is 11.0. The number of carbonyl (C=O) groups excluding carboxylic acids is 1. The van der Waals surface area contributed by atoms with E-state index in [1.807, 2.05) is 35.8 Å². The van der Waals surface area contributed by atoms with E-state index in [4.69, 9.17) is 4.74 Å². The summed E-state index contributed by atoms with van der Waals surface area (Å²) in [5.41, 5.74) is 2.70. The summed E-state index contributed by atoms with van der Waals surface area (Å²) in [6.07, 6.45) is 0.942. The van der Waals surface area contributed by atoms with Crippen LogP contribution in [0.5, 0.6) is 0 Å². The number of ether oxygens (including phenoxy) is 1. The average molecular weight is 469 g/mol. The van der Waals surface area contributed by atoms with Gasteiger partial charge in [0.1, 0.15) is 5.82 Å². The van der Waals surface area contributed by atoms with Gasteiger partial charge in [-0.3, -0.25) is 9.69 Å². The van der Waals surface area contributed by atoms with Crippen molar-refractivity contribution in [3.8, 4) is 11.4 Å². The van der Waals surface area contributed by atoms with Crippen LogP contribution in [0, 0.1) is 5.82 Å². The first kappa shape index (κ1) is 23.6. The van der Waals surface area contributed by atoms with Crippen LogP contribution >= 0.6 is 11.8 Å². The second-order valence-electron chi connectivity index (χ2n) is 8.09. The third-order valence-corrected chi connectivity index (χ3v) is 6.94. The molecule has 2 aromatic carbocycles. The van der Waals surface area contributed by atoms with Crippen molar-refractivity contribution in [3.63, 3.8) is 0 Å². The first-order chi connectivity index (χ1) is 16.0. The van der Waals surface area contributed by atoms with E-state index in [0.29, 0.717) is 23.1 Å². The van der Waals surface area contributed by atoms with Crippen LogP contribution in [-0.2, 0) is 17.7 Å². The molecule has 174 valence electrons. The second-order valence-corrected chi connectivity index (χ2v) is 9.40. The molecule has 8 heteroatoms. The molecule has 0 N–H and O–H groups in total. The Morgan fingerprint density at radius 1 is 1.06 bits per heavy atom. The molecule has 4 rings (SSSR count). The number of carbonyl (C=O) groups is 1. The summed E-state index contributed by atoms with van der Waals surface area (Å²) in [7, 11) is 0. The molecule has 33 heavy (non-hydrogen) atoms. The number of hydrogen-bond donors (Lipinski definition) is 0. The van der Waals surface area contributed by atoms with Gasteiger partial charge in [-0.25, -0.2) is 4.39 Å². The molecule has 2 heterocycles. The maximum absolute atomic E-state index is 13.5. The third-order valence-electron chi connectivity index (χ3n) is 5.86. The van der Waals surface area contributed by atoms with E-state index in [0.717, 1.165) is 44.8 Å². The number of benzene rings is 2. The maximum atomic E-state index is 13.5. The van der Waals surface area contributed by atoms with Gasteiger partial charge < -0.3 is 9.30 Å². The minimum Gasteiger partial charge on any atom is -0.379 e. The number of ketones is 1. The van der Waals surface area contributed by atoms with Crippen molar-refractivity contribution in [2.45, 2.75) is 37.2 Å². The molecule has 1 unspecified atom stereocenters. The van der Waals surface area contributed by atoms with Crippen LogP contribution in [-0.4, -0.2) is 63.5 Å². The lowest BCUT2D eigenvalue weighted by Crippen LogP contribution is -2.38. The van der Waals surface area contributed by atoms with Crippen molar-refractivity contribution in [3.05, 3.63) is 65.5 Å². The SMILES string of the molecule is CCc1ccc(C(=O)C(C)Sc2nnc(-c3ccc(F)cc3)n2CCN2CCOCC2)cc1. The Balaban J connectivity index is 1.55. The zero-order valence-electron chi connectivity index (χ0n) is 19.0. The number of morpholine rings is 1. The van der Waals surface area contributed by atoms with E-state index < -0.39 is 0 Å². The smallest absolute Gasteiger partial charge is 0.192 e. The monoisotopic (exact) mass is 468 g/mol. The highest BCUT2D eigenvalue weighted by atomic mass is 32.2. The van der Waals surface area contributed by atoms with Crippen LogP contribution in [0.1, 0.15) is 29.8 Å². The van der Waals surface area contributed by atoms with Crippen LogP contribution in [0.2, 0.25) is 0 Å². The standard InChI is InChI=1S/C25H29FN4O2S/c1-3-19-4-6-20(7-5-19)23(31)18(2)33-25-28-27-24(21-8-10-22(26)11-9-21)30(25)13-12-29-14-16-32-17-15-29/h4-11,18H,3,12-17H2,1-2H3. The number of halogens is 1. The summed E-state index contributed by atoms with van der Waals surface area (Å²) in [6.45, 7) is 8.74. The van der Waals surface area contributed by atoms with Gasteiger partial charge in [0, 0.05) is 37.3 Å². The number of nitrogens with zero attached hydrogens (tertiary/aromatic N) is 4. The Hall–Kier alpha value is -2.55. The molecular formula is C25H29FN4O2S. The van der Waals surface area contributed by atoms with Crippen LogP contribution in [0.4, 0.5) is 4.39 Å². The zero-order valence-corrected chi connectivity index (χ0v) is 19.9. The molecule has 0 saturated carbocycles. The van der Waals surface area contributed by atoms with Gasteiger partial charge in [0.05, 0.1) is 18.5 Å². The quantitative estimate of drug-likeness (QED) is 0.344. The van der Waals surface area contributed by atoms with Crippen molar-refractivity contribution in [2.75, 3.05) is 32.8 Å². The summed E-state index contributed by atoms with van der Waals surface area (Å²) in [5.74, 6) is 0.451. The molecule has 0 radical (unpaired) electrons. The Morgan fingerprint density at radius 2 is 1.76 bits per heavy atom. The lowest BCUT2D eigenvalue weighted by Gasteiger charge is -2.27. The van der Waals surface area contributed by atoms with Gasteiger partial charge in [-0.05, 0) is 43.2 Å². The third kappa shape index (κ3) is 5.88. The fraction of sp³-hybridized carbons (Fsp3) is 0.400. The molecule has 0 spiro atoms. The van der Waals surface area contributed by atoms with Crippen molar-refractivity contribution >= 4 is 17.5 Å². The molecule has 0 bridgehead atoms. The predicted octanol–water partition coefficient (Wildman–Crippen LogP) is 4.34. The van der Waals surface area contributed by atoms with E-state index >= 15 is 0 Å². The maximum Gasteiger partial charge on any atom is 0.192 e. The highest BCUT2D eigenvalue weighted by Gasteiger charge is 2.22. The molecule has 1 atom stereocenters. The minimum absolute atomic E-state index is 0.0636. The summed E-state index contributed by atoms with van der Waals surface area (Å²) in [4.78, 5) is 15.4. The van der Waals surface area contributed by atoms with Crippen molar-refractivity contribution in [1.82, 2.24) is 19.7 Å². The molecule has 0 aliphatic carbocycles. The molecule has 1 fully saturated rings. The van der Waals surface area contributed by atoms with Gasteiger partial charge in [0.15, 0.2) is 16.8 Å². The van der Waals surface area contributed by atoms with Gasteiger partial charge in [0.25, 0.3) is 0 Å². The van der Waals surface area contributed by atoms with Crippen molar-refractivity contribution in [1.29, 1.82) is 0 Å². The van der Waals surface area contributed by atoms with Gasteiger partial charge in [-0.15, -0.1) is 10.2 Å². The van der Waals surface area contributed by atoms with Crippen LogP contribution in [0.15, 0.2) is 53.7 Å². The average Bonchev–Trinajstić information content (AvgIpc) is 3.25. The van der Waals surface area contributed by atoms with E-state index in [1.54, 1.807) is 12.1 Å². The Labute approximate surface area is 198 Å². The Bertz CT molecular complexity index is 1060. The van der Waals surface area contributed by atoms with Gasteiger partial charge in [-0.2, -0.15) is 0 Å². The number of hydrogen-bond acceptors (Lipinski definition) is 6. The van der Waals surface area contributed by atoms with Crippen LogP contribution in [0.3, 0.4) is 0 Å². The van der Waals surface area contributed by atoms with Crippen LogP contribution in [0.25, 0.3) is 11.4 Å². The molecule has 1 aliphatic rings. The van der Waals surface area contributed by atoms with E-state index in [1.165, 1.54) is 29.5 Å². The van der Waals surface area contributed by atoms with Gasteiger partial charge in [0.2, 0.25) is 0 Å². The highest BCUT2D eigenvalue weighted by Crippen LogP contribution is 2.28. The highest BCUT2D eigenvalue weighted by molar-refractivity contribution is 8.00. The van der Waals surface area contributed by atoms with Crippen LogP contribution < -0.4 is 0 Å². The number of aromatic nitrogens is 3. The Morgan fingerprint density at radius 3 is 2.42 bits per heavy atom. The first-order valence-corrected chi connectivity index (χ1v) is 12.2. The summed E-state index contributed by atoms with van der Waals surface area (Å²) in [6, 6.07) is 14.1. The lowest BCUT2D eigenvalue weighted by atomic mass is 10.1. The summed E-state index contributed by atoms with van der Waals surface area (Å²) >= 11 is 1.41. The first-order valence-electron chi connectivity index (χ1n) is 11.3.